The minimum atomic E-state index is -0.478. The minimum absolute atomic E-state index is 0.0108. The molecule has 4 saturated heterocycles. The van der Waals surface area contributed by atoms with Crippen LogP contribution < -0.4 is 5.32 Å². The third kappa shape index (κ3) is 6.92. The van der Waals surface area contributed by atoms with E-state index in [0.717, 1.165) is 95.4 Å². The first-order valence-electron chi connectivity index (χ1n) is 17.6. The van der Waals surface area contributed by atoms with E-state index < -0.39 is 11.6 Å². The normalized spacial score (nSPS) is 25.0. The van der Waals surface area contributed by atoms with Gasteiger partial charge in [-0.25, -0.2) is 14.8 Å². The Balaban J connectivity index is 1.26. The summed E-state index contributed by atoms with van der Waals surface area (Å²) in [5.74, 6) is 0.468. The average Bonchev–Trinajstić information content (AvgIpc) is 3.02. The summed E-state index contributed by atoms with van der Waals surface area (Å²) >= 11 is 0. The summed E-state index contributed by atoms with van der Waals surface area (Å²) in [6.07, 6.45) is 9.67. The van der Waals surface area contributed by atoms with E-state index in [1.165, 1.54) is 6.33 Å². The number of carbonyl (C=O) groups excluding carboxylic acids is 3. The van der Waals surface area contributed by atoms with Crippen LogP contribution in [-0.2, 0) is 9.53 Å². The van der Waals surface area contributed by atoms with Gasteiger partial charge in [-0.2, -0.15) is 0 Å². The van der Waals surface area contributed by atoms with E-state index in [4.69, 9.17) is 4.74 Å². The number of rotatable bonds is 9. The van der Waals surface area contributed by atoms with Crippen molar-refractivity contribution in [1.82, 2.24) is 30.0 Å². The van der Waals surface area contributed by atoms with Crippen LogP contribution in [0.3, 0.4) is 0 Å². The molecule has 2 unspecified atom stereocenters. The predicted octanol–water partition coefficient (Wildman–Crippen LogP) is 4.77. The zero-order valence-electron chi connectivity index (χ0n) is 28.6. The molecule has 0 bridgehead atoms. The molecule has 10 nitrogen and oxygen atoms in total. The molecule has 1 aromatic rings. The molecule has 1 aromatic heterocycles. The Morgan fingerprint density at radius 3 is 2.22 bits per heavy atom. The number of hydrogen-bond donors (Lipinski definition) is 1. The van der Waals surface area contributed by atoms with Crippen LogP contribution in [0.25, 0.3) is 0 Å². The maximum atomic E-state index is 13.9. The molecule has 0 aliphatic carbocycles. The molecule has 45 heavy (non-hydrogen) atoms. The lowest BCUT2D eigenvalue weighted by atomic mass is 9.73. The monoisotopic (exact) mass is 624 g/mol. The lowest BCUT2D eigenvalue weighted by Crippen LogP contribution is -2.66. The van der Waals surface area contributed by atoms with Gasteiger partial charge in [-0.15, -0.1) is 0 Å². The third-order valence-electron chi connectivity index (χ3n) is 11.6. The Hall–Kier alpha value is -2.59. The topological polar surface area (TPSA) is 108 Å². The van der Waals surface area contributed by atoms with Gasteiger partial charge in [-0.1, -0.05) is 33.6 Å². The maximum absolute atomic E-state index is 13.9. The standard InChI is InChI=1S/C35H56N6O4/c1-7-8-9-28-22-41(30(31(42)24(2)3)27-10-16-36-17-11-27)33(44)45-35(28)14-20-40(21-15-35)34(6)12-18-39(19-13-34)32(43)29-25(4)37-23-38-26(29)5/h23-24,27-28,30,36H,7-22H2,1-6H3. The molecule has 0 aromatic carbocycles. The van der Waals surface area contributed by atoms with E-state index >= 15 is 0 Å². The first kappa shape index (κ1) is 33.8. The molecule has 2 amide bonds. The van der Waals surface area contributed by atoms with Crippen molar-refractivity contribution in [2.24, 2.45) is 17.8 Å². The molecular formula is C35H56N6O4. The first-order valence-corrected chi connectivity index (χ1v) is 17.6. The van der Waals surface area contributed by atoms with Crippen molar-refractivity contribution in [3.8, 4) is 0 Å². The van der Waals surface area contributed by atoms with E-state index in [1.54, 1.807) is 0 Å². The summed E-state index contributed by atoms with van der Waals surface area (Å²) in [5, 5.41) is 3.41. The van der Waals surface area contributed by atoms with E-state index in [1.807, 2.05) is 37.5 Å². The van der Waals surface area contributed by atoms with Crippen LogP contribution in [0.2, 0.25) is 0 Å². The lowest BCUT2D eigenvalue weighted by molar-refractivity contribution is -0.150. The molecule has 5 heterocycles. The van der Waals surface area contributed by atoms with Gasteiger partial charge in [0.25, 0.3) is 5.91 Å². The highest BCUT2D eigenvalue weighted by Crippen LogP contribution is 2.44. The molecule has 4 aliphatic heterocycles. The van der Waals surface area contributed by atoms with Crippen LogP contribution in [0.5, 0.6) is 0 Å². The van der Waals surface area contributed by atoms with Crippen molar-refractivity contribution in [2.45, 2.75) is 117 Å². The van der Waals surface area contributed by atoms with Crippen LogP contribution in [0, 0.1) is 31.6 Å². The Kier molecular flexibility index (Phi) is 10.5. The lowest BCUT2D eigenvalue weighted by Gasteiger charge is -2.56. The molecule has 250 valence electrons. The fourth-order valence-corrected chi connectivity index (χ4v) is 8.47. The molecule has 0 saturated carbocycles. The molecule has 1 N–H and O–H groups in total. The van der Waals surface area contributed by atoms with Crippen LogP contribution >= 0.6 is 0 Å². The van der Waals surface area contributed by atoms with Crippen LogP contribution in [0.4, 0.5) is 4.79 Å². The highest BCUT2D eigenvalue weighted by atomic mass is 16.6. The van der Waals surface area contributed by atoms with Crippen LogP contribution in [0.1, 0.15) is 107 Å². The number of carbonyl (C=O) groups is 3. The smallest absolute Gasteiger partial charge is 0.410 e. The predicted molar refractivity (Wildman–Crippen MR) is 174 cm³/mol. The summed E-state index contributed by atoms with van der Waals surface area (Å²) in [4.78, 5) is 55.8. The average molecular weight is 625 g/mol. The van der Waals surface area contributed by atoms with Gasteiger partial charge < -0.3 is 15.0 Å². The van der Waals surface area contributed by atoms with Crippen molar-refractivity contribution in [1.29, 1.82) is 0 Å². The molecular weight excluding hydrogens is 568 g/mol. The van der Waals surface area contributed by atoms with Gasteiger partial charge in [-0.05, 0) is 71.9 Å². The number of ether oxygens (including phenoxy) is 1. The van der Waals surface area contributed by atoms with Gasteiger partial charge in [0.2, 0.25) is 0 Å². The highest BCUT2D eigenvalue weighted by Gasteiger charge is 2.54. The molecule has 2 atom stereocenters. The number of Topliss-reactive ketones (excluding diaryl/α,β-unsaturated/α-hetero) is 1. The number of likely N-dealkylation sites (tertiary alicyclic amines) is 2. The summed E-state index contributed by atoms with van der Waals surface area (Å²) in [6, 6.07) is -0.400. The number of hydrogen-bond acceptors (Lipinski definition) is 8. The second-order valence-corrected chi connectivity index (χ2v) is 14.7. The zero-order valence-corrected chi connectivity index (χ0v) is 28.6. The largest absolute Gasteiger partial charge is 0.442 e. The van der Waals surface area contributed by atoms with E-state index in [0.29, 0.717) is 25.2 Å². The van der Waals surface area contributed by atoms with Gasteiger partial charge in [-0.3, -0.25) is 19.4 Å². The van der Waals surface area contributed by atoms with Gasteiger partial charge >= 0.3 is 6.09 Å². The fraction of sp³-hybridized carbons (Fsp3) is 0.800. The SMILES string of the molecule is CCCCC1CN(C(C(=O)C(C)C)C2CCNCC2)C(=O)OC12CCN(C1(C)CCN(C(=O)c3c(C)ncnc3C)CC1)CC2. The fourth-order valence-electron chi connectivity index (χ4n) is 8.47. The van der Waals surface area contributed by atoms with Crippen molar-refractivity contribution in [3.05, 3.63) is 23.3 Å². The zero-order chi connectivity index (χ0) is 32.4. The molecule has 10 heteroatoms. The number of nitrogens with one attached hydrogen (secondary N) is 1. The van der Waals surface area contributed by atoms with Gasteiger partial charge in [0.1, 0.15) is 11.9 Å². The van der Waals surface area contributed by atoms with E-state index in [2.05, 4.69) is 34.0 Å². The van der Waals surface area contributed by atoms with E-state index in [-0.39, 0.29) is 41.1 Å². The number of aryl methyl sites for hydroxylation is 2. The van der Waals surface area contributed by atoms with Crippen LogP contribution in [-0.4, -0.2) is 105 Å². The minimum Gasteiger partial charge on any atom is -0.442 e. The summed E-state index contributed by atoms with van der Waals surface area (Å²) in [6.45, 7) is 17.7. The molecule has 0 radical (unpaired) electrons. The van der Waals surface area contributed by atoms with Gasteiger partial charge in [0, 0.05) is 62.9 Å². The second kappa shape index (κ2) is 14.0. The molecule has 1 spiro atoms. The number of ketones is 1. The van der Waals surface area contributed by atoms with Gasteiger partial charge in [0.15, 0.2) is 5.78 Å². The Bertz CT molecular complexity index is 1190. The summed E-state index contributed by atoms with van der Waals surface area (Å²) in [5.41, 5.74) is 1.61. The van der Waals surface area contributed by atoms with Crippen molar-refractivity contribution < 1.29 is 19.1 Å². The number of unbranched alkanes of at least 4 members (excludes halogenated alkanes) is 1. The number of nitrogens with zero attached hydrogens (tertiary/aromatic N) is 5. The molecule has 5 rings (SSSR count). The third-order valence-corrected chi connectivity index (χ3v) is 11.6. The highest BCUT2D eigenvalue weighted by molar-refractivity contribution is 5.96. The first-order chi connectivity index (χ1) is 21.5. The quantitative estimate of drug-likeness (QED) is 0.419. The van der Waals surface area contributed by atoms with Crippen molar-refractivity contribution >= 4 is 17.8 Å². The van der Waals surface area contributed by atoms with E-state index in [9.17, 15) is 14.4 Å². The Morgan fingerprint density at radius 1 is 1.02 bits per heavy atom. The Morgan fingerprint density at radius 2 is 1.64 bits per heavy atom. The maximum Gasteiger partial charge on any atom is 0.410 e. The number of piperidine rings is 3. The van der Waals surface area contributed by atoms with Crippen LogP contribution in [0.15, 0.2) is 6.33 Å². The van der Waals surface area contributed by atoms with Crippen molar-refractivity contribution in [2.75, 3.05) is 45.8 Å². The molecule has 4 fully saturated rings. The Labute approximate surface area is 270 Å². The number of amides is 2. The summed E-state index contributed by atoms with van der Waals surface area (Å²) in [7, 11) is 0. The van der Waals surface area contributed by atoms with Gasteiger partial charge in [0.05, 0.1) is 23.0 Å². The second-order valence-electron chi connectivity index (χ2n) is 14.7. The number of aromatic nitrogens is 2. The molecule has 4 aliphatic rings. The summed E-state index contributed by atoms with van der Waals surface area (Å²) < 4.78 is 6.56. The van der Waals surface area contributed by atoms with Crippen molar-refractivity contribution in [3.63, 3.8) is 0 Å².